The van der Waals surface area contributed by atoms with Gasteiger partial charge in [-0.2, -0.15) is 0 Å². The Morgan fingerprint density at radius 3 is 2.56 bits per heavy atom. The molecule has 4 rings (SSSR count). The van der Waals surface area contributed by atoms with Crippen molar-refractivity contribution < 1.29 is 18.7 Å². The summed E-state index contributed by atoms with van der Waals surface area (Å²) in [6.45, 7) is 8.94. The standard InChI is InChI=1S/C21H21FN4O3S.2C2H6/c22-20-14(12-4-2-1-3-5-12)6-7-15-21(20)30-19(26-15)9-17(24)29-16(23)8-18(27)25-13-10-28-11-13;2*1-2/h2,4-7,13,23-24H,1,3,8-11H2,(H,25,27);2*1-2H3. The van der Waals surface area contributed by atoms with E-state index in [2.05, 4.69) is 10.3 Å². The molecule has 2 aliphatic rings. The van der Waals surface area contributed by atoms with Crippen LogP contribution in [0, 0.1) is 16.6 Å². The number of aromatic nitrogens is 1. The van der Waals surface area contributed by atoms with E-state index in [9.17, 15) is 4.79 Å². The number of hydrogen-bond acceptors (Lipinski definition) is 7. The Kier molecular flexibility index (Phi) is 11.0. The Morgan fingerprint density at radius 2 is 1.94 bits per heavy atom. The van der Waals surface area contributed by atoms with Gasteiger partial charge in [0.25, 0.3) is 0 Å². The van der Waals surface area contributed by atoms with Crippen LogP contribution in [0.25, 0.3) is 15.8 Å². The third-order valence-corrected chi connectivity index (χ3v) is 5.79. The highest BCUT2D eigenvalue weighted by molar-refractivity contribution is 7.18. The summed E-state index contributed by atoms with van der Waals surface area (Å²) in [4.78, 5) is 16.2. The lowest BCUT2D eigenvalue weighted by Crippen LogP contribution is -2.49. The molecule has 184 valence electrons. The van der Waals surface area contributed by atoms with E-state index < -0.39 is 0 Å². The van der Waals surface area contributed by atoms with Crippen molar-refractivity contribution in [3.05, 3.63) is 46.7 Å². The van der Waals surface area contributed by atoms with Gasteiger partial charge in [0, 0.05) is 5.56 Å². The minimum absolute atomic E-state index is 0.0212. The van der Waals surface area contributed by atoms with E-state index in [4.69, 9.17) is 20.3 Å². The van der Waals surface area contributed by atoms with Crippen molar-refractivity contribution in [1.82, 2.24) is 10.3 Å². The Bertz CT molecular complexity index is 1070. The van der Waals surface area contributed by atoms with Crippen molar-refractivity contribution in [3.8, 4) is 0 Å². The van der Waals surface area contributed by atoms with Crippen molar-refractivity contribution in [2.45, 2.75) is 59.4 Å². The third-order valence-electron chi connectivity index (χ3n) is 4.73. The van der Waals surface area contributed by atoms with E-state index in [0.29, 0.717) is 34.0 Å². The zero-order valence-electron chi connectivity index (χ0n) is 20.2. The molecule has 1 aliphatic carbocycles. The molecule has 0 radical (unpaired) electrons. The lowest BCUT2D eigenvalue weighted by Gasteiger charge is -2.26. The fourth-order valence-corrected chi connectivity index (χ4v) is 4.22. The predicted molar refractivity (Wildman–Crippen MR) is 136 cm³/mol. The van der Waals surface area contributed by atoms with Gasteiger partial charge in [0.2, 0.25) is 5.91 Å². The van der Waals surface area contributed by atoms with Gasteiger partial charge in [-0.1, -0.05) is 45.9 Å². The number of amides is 1. The van der Waals surface area contributed by atoms with Crippen LogP contribution >= 0.6 is 11.3 Å². The Hall–Kier alpha value is -2.91. The Balaban J connectivity index is 0.000000970. The lowest BCUT2D eigenvalue weighted by molar-refractivity contribution is -0.124. The number of fused-ring (bicyclic) bond motifs is 1. The predicted octanol–water partition coefficient (Wildman–Crippen LogP) is 5.64. The average Bonchev–Trinajstić information content (AvgIpc) is 3.23. The van der Waals surface area contributed by atoms with Gasteiger partial charge in [-0.05, 0) is 30.5 Å². The van der Waals surface area contributed by atoms with Crippen LogP contribution in [0.1, 0.15) is 57.5 Å². The van der Waals surface area contributed by atoms with Gasteiger partial charge in [-0.15, -0.1) is 11.3 Å². The van der Waals surface area contributed by atoms with E-state index in [1.54, 1.807) is 12.1 Å². The Labute approximate surface area is 204 Å². The van der Waals surface area contributed by atoms with Crippen molar-refractivity contribution in [2.75, 3.05) is 13.2 Å². The van der Waals surface area contributed by atoms with Crippen molar-refractivity contribution in [3.63, 3.8) is 0 Å². The van der Waals surface area contributed by atoms with Crippen LogP contribution < -0.4 is 5.32 Å². The molecule has 3 N–H and O–H groups in total. The number of ether oxygens (including phenoxy) is 2. The second-order valence-corrected chi connectivity index (χ2v) is 8.21. The molecule has 1 aliphatic heterocycles. The second-order valence-electron chi connectivity index (χ2n) is 7.13. The normalized spacial score (nSPS) is 14.6. The number of benzene rings is 1. The Morgan fingerprint density at radius 1 is 1.21 bits per heavy atom. The molecule has 1 amide bonds. The summed E-state index contributed by atoms with van der Waals surface area (Å²) in [6, 6.07) is 3.48. The first-order valence-corrected chi connectivity index (χ1v) is 12.5. The average molecular weight is 489 g/mol. The number of nitrogens with one attached hydrogen (secondary N) is 3. The van der Waals surface area contributed by atoms with Gasteiger partial charge in [-0.3, -0.25) is 15.6 Å². The largest absolute Gasteiger partial charge is 0.429 e. The summed E-state index contributed by atoms with van der Waals surface area (Å²) < 4.78 is 25.6. The summed E-state index contributed by atoms with van der Waals surface area (Å²) in [6.07, 6.45) is 7.62. The summed E-state index contributed by atoms with van der Waals surface area (Å²) in [7, 11) is 0. The maximum Gasteiger partial charge on any atom is 0.229 e. The molecule has 1 aromatic carbocycles. The highest BCUT2D eigenvalue weighted by Gasteiger charge is 2.22. The highest BCUT2D eigenvalue weighted by atomic mass is 32.1. The quantitative estimate of drug-likeness (QED) is 0.361. The molecule has 9 heteroatoms. The fraction of sp³-hybridized carbons (Fsp3) is 0.440. The molecule has 1 fully saturated rings. The molecule has 0 spiro atoms. The first-order valence-electron chi connectivity index (χ1n) is 11.6. The topological polar surface area (TPSA) is 108 Å². The SMILES string of the molecule is CC.CC.N=C(CC(=O)NC1COC1)OC(=N)Cc1nc2ccc(C3=CCCC=C3)c(F)c2s1. The van der Waals surface area contributed by atoms with E-state index in [1.807, 2.05) is 45.9 Å². The smallest absolute Gasteiger partial charge is 0.229 e. The molecular formula is C25H33FN4O3S. The molecule has 0 bridgehead atoms. The minimum Gasteiger partial charge on any atom is -0.429 e. The molecule has 2 heterocycles. The van der Waals surface area contributed by atoms with E-state index >= 15 is 4.39 Å². The minimum atomic E-state index is -0.346. The van der Waals surface area contributed by atoms with Crippen LogP contribution in [-0.2, 0) is 20.7 Å². The zero-order valence-corrected chi connectivity index (χ0v) is 21.0. The van der Waals surface area contributed by atoms with Crippen LogP contribution in [0.3, 0.4) is 0 Å². The first kappa shape index (κ1) is 27.3. The van der Waals surface area contributed by atoms with E-state index in [-0.39, 0.29) is 42.4 Å². The van der Waals surface area contributed by atoms with E-state index in [0.717, 1.165) is 18.4 Å². The summed E-state index contributed by atoms with van der Waals surface area (Å²) in [5.74, 6) is -1.19. The summed E-state index contributed by atoms with van der Waals surface area (Å²) >= 11 is 1.17. The molecule has 0 atom stereocenters. The van der Waals surface area contributed by atoms with Crippen molar-refractivity contribution >= 4 is 44.8 Å². The van der Waals surface area contributed by atoms with Crippen LogP contribution in [0.4, 0.5) is 4.39 Å². The number of halogens is 1. The maximum atomic E-state index is 15.0. The van der Waals surface area contributed by atoms with Gasteiger partial charge >= 0.3 is 0 Å². The third kappa shape index (κ3) is 7.30. The number of rotatable bonds is 6. The van der Waals surface area contributed by atoms with Crippen LogP contribution in [0.5, 0.6) is 0 Å². The number of nitrogens with zero attached hydrogens (tertiary/aromatic N) is 1. The van der Waals surface area contributed by atoms with Crippen LogP contribution in [0.2, 0.25) is 0 Å². The zero-order chi connectivity index (χ0) is 25.1. The molecule has 34 heavy (non-hydrogen) atoms. The lowest BCUT2D eigenvalue weighted by atomic mass is 9.99. The number of thiazole rings is 1. The molecule has 0 saturated carbocycles. The number of carbonyl (C=O) groups excluding carboxylic acids is 1. The van der Waals surface area contributed by atoms with Crippen molar-refractivity contribution in [2.24, 2.45) is 0 Å². The van der Waals surface area contributed by atoms with Gasteiger partial charge in [0.05, 0.1) is 35.9 Å². The van der Waals surface area contributed by atoms with Crippen molar-refractivity contribution in [1.29, 1.82) is 10.8 Å². The first-order chi connectivity index (χ1) is 16.5. The molecule has 7 nitrogen and oxygen atoms in total. The van der Waals surface area contributed by atoms with Gasteiger partial charge in [-0.25, -0.2) is 9.37 Å². The molecule has 0 unspecified atom stereocenters. The van der Waals surface area contributed by atoms with Crippen LogP contribution in [0.15, 0.2) is 30.4 Å². The fourth-order valence-electron chi connectivity index (χ4n) is 3.22. The number of allylic oxidation sites excluding steroid dienone is 4. The van der Waals surface area contributed by atoms with Gasteiger partial charge in [0.1, 0.15) is 17.2 Å². The molecule has 1 saturated heterocycles. The maximum absolute atomic E-state index is 15.0. The van der Waals surface area contributed by atoms with Gasteiger partial charge < -0.3 is 14.8 Å². The summed E-state index contributed by atoms with van der Waals surface area (Å²) in [5, 5.41) is 19.0. The van der Waals surface area contributed by atoms with E-state index in [1.165, 1.54) is 11.3 Å². The molecule has 1 aromatic heterocycles. The van der Waals surface area contributed by atoms with Crippen LogP contribution in [-0.4, -0.2) is 41.9 Å². The highest BCUT2D eigenvalue weighted by Crippen LogP contribution is 2.32. The van der Waals surface area contributed by atoms with Gasteiger partial charge in [0.15, 0.2) is 11.8 Å². The number of carbonyl (C=O) groups is 1. The summed E-state index contributed by atoms with van der Waals surface area (Å²) in [5.41, 5.74) is 1.94. The monoisotopic (exact) mass is 488 g/mol. The number of hydrogen-bond donors (Lipinski definition) is 3. The second kappa shape index (κ2) is 13.7. The molecule has 2 aromatic rings. The molecular weight excluding hydrogens is 455 g/mol.